The summed E-state index contributed by atoms with van der Waals surface area (Å²) in [5.74, 6) is 0.108. The predicted molar refractivity (Wildman–Crippen MR) is 120 cm³/mol. The first-order chi connectivity index (χ1) is 14.1. The van der Waals surface area contributed by atoms with Gasteiger partial charge in [-0.2, -0.15) is 0 Å². The number of aryl methyl sites for hydroxylation is 1. The first-order valence-corrected chi connectivity index (χ1v) is 10.2. The first-order valence-electron chi connectivity index (χ1n) is 10.2. The summed E-state index contributed by atoms with van der Waals surface area (Å²) < 4.78 is 0. The number of hydrogen-bond acceptors (Lipinski definition) is 2. The summed E-state index contributed by atoms with van der Waals surface area (Å²) in [7, 11) is 4.15. The fourth-order valence-corrected chi connectivity index (χ4v) is 3.49. The summed E-state index contributed by atoms with van der Waals surface area (Å²) in [6, 6.07) is 27.3. The molecule has 0 fully saturated rings. The molecule has 0 bridgehead atoms. The smallest absolute Gasteiger partial charge is 0.220 e. The van der Waals surface area contributed by atoms with Crippen LogP contribution in [0, 0.1) is 0 Å². The van der Waals surface area contributed by atoms with Crippen molar-refractivity contribution in [2.75, 3.05) is 14.1 Å². The van der Waals surface area contributed by atoms with Gasteiger partial charge >= 0.3 is 0 Å². The summed E-state index contributed by atoms with van der Waals surface area (Å²) >= 11 is 0. The number of carbonyl (C=O) groups is 1. The van der Waals surface area contributed by atoms with Gasteiger partial charge in [0.15, 0.2) is 0 Å². The lowest BCUT2D eigenvalue weighted by atomic mass is 9.98. The van der Waals surface area contributed by atoms with Crippen molar-refractivity contribution in [1.82, 2.24) is 10.2 Å². The number of nitrogens with one attached hydrogen (secondary N) is 1. The van der Waals surface area contributed by atoms with Gasteiger partial charge in [-0.1, -0.05) is 78.9 Å². The third-order valence-electron chi connectivity index (χ3n) is 4.97. The highest BCUT2D eigenvalue weighted by Gasteiger charge is 2.07. The van der Waals surface area contributed by atoms with Gasteiger partial charge in [0.25, 0.3) is 0 Å². The molecule has 0 aliphatic heterocycles. The molecule has 1 N–H and O–H groups in total. The van der Waals surface area contributed by atoms with Crippen LogP contribution in [0.25, 0.3) is 11.1 Å². The Morgan fingerprint density at radius 1 is 0.828 bits per heavy atom. The Hall–Kier alpha value is -2.91. The Balaban J connectivity index is 1.55. The molecular weight excluding hydrogens is 356 g/mol. The van der Waals surface area contributed by atoms with Gasteiger partial charge in [0.05, 0.1) is 0 Å². The second kappa shape index (κ2) is 10.6. The topological polar surface area (TPSA) is 32.3 Å². The van der Waals surface area contributed by atoms with E-state index in [0.29, 0.717) is 13.0 Å². The third-order valence-corrected chi connectivity index (χ3v) is 4.97. The highest BCUT2D eigenvalue weighted by Crippen LogP contribution is 2.24. The molecule has 0 saturated heterocycles. The predicted octanol–water partition coefficient (Wildman–Crippen LogP) is 5.05. The molecule has 150 valence electrons. The second-order valence-electron chi connectivity index (χ2n) is 7.71. The van der Waals surface area contributed by atoms with Crippen molar-refractivity contribution in [1.29, 1.82) is 0 Å². The molecule has 3 aromatic rings. The molecule has 0 radical (unpaired) electrons. The maximum absolute atomic E-state index is 12.3. The van der Waals surface area contributed by atoms with Gasteiger partial charge in [-0.25, -0.2) is 0 Å². The van der Waals surface area contributed by atoms with Gasteiger partial charge in [-0.3, -0.25) is 4.79 Å². The van der Waals surface area contributed by atoms with Crippen molar-refractivity contribution in [3.63, 3.8) is 0 Å². The normalized spacial score (nSPS) is 10.9. The van der Waals surface area contributed by atoms with Crippen molar-refractivity contribution in [3.05, 3.63) is 95.6 Å². The maximum atomic E-state index is 12.3. The van der Waals surface area contributed by atoms with E-state index in [0.717, 1.165) is 24.9 Å². The standard InChI is InChI=1S/C26H30N2O/c1-28(2)20-22-15-17-23(18-16-22)25-13-7-6-12-24(25)19-27-26(29)14-8-11-21-9-4-3-5-10-21/h3-7,9-10,12-13,15-18H,8,11,14,19-20H2,1-2H3,(H,27,29). The Morgan fingerprint density at radius 3 is 2.24 bits per heavy atom. The Kier molecular flexibility index (Phi) is 7.60. The van der Waals surface area contributed by atoms with Crippen LogP contribution >= 0.6 is 0 Å². The van der Waals surface area contributed by atoms with E-state index in [9.17, 15) is 4.79 Å². The SMILES string of the molecule is CN(C)Cc1ccc(-c2ccccc2CNC(=O)CCCc2ccccc2)cc1. The number of amides is 1. The Labute approximate surface area is 174 Å². The van der Waals surface area contributed by atoms with E-state index in [2.05, 4.69) is 72.8 Å². The average Bonchev–Trinajstić information content (AvgIpc) is 2.73. The number of carbonyl (C=O) groups excluding carboxylic acids is 1. The fourth-order valence-electron chi connectivity index (χ4n) is 3.49. The zero-order valence-electron chi connectivity index (χ0n) is 17.4. The summed E-state index contributed by atoms with van der Waals surface area (Å²) in [5.41, 5.74) is 6.07. The van der Waals surface area contributed by atoms with Crippen molar-refractivity contribution < 1.29 is 4.79 Å². The summed E-state index contributed by atoms with van der Waals surface area (Å²) in [4.78, 5) is 14.4. The molecule has 0 aliphatic rings. The highest BCUT2D eigenvalue weighted by atomic mass is 16.1. The molecule has 0 heterocycles. The summed E-state index contributed by atoms with van der Waals surface area (Å²) in [6.07, 6.45) is 2.35. The van der Waals surface area contributed by atoms with Crippen LogP contribution in [0.4, 0.5) is 0 Å². The van der Waals surface area contributed by atoms with Gasteiger partial charge in [0, 0.05) is 19.5 Å². The highest BCUT2D eigenvalue weighted by molar-refractivity contribution is 5.76. The van der Waals surface area contributed by atoms with E-state index in [-0.39, 0.29) is 5.91 Å². The molecule has 3 aromatic carbocycles. The molecule has 3 nitrogen and oxygen atoms in total. The van der Waals surface area contributed by atoms with Crippen molar-refractivity contribution in [2.45, 2.75) is 32.4 Å². The Bertz CT molecular complexity index is 902. The molecule has 0 aliphatic carbocycles. The van der Waals surface area contributed by atoms with Crippen molar-refractivity contribution in [2.24, 2.45) is 0 Å². The molecule has 1 amide bonds. The van der Waals surface area contributed by atoms with Gasteiger partial charge in [0.2, 0.25) is 5.91 Å². The van der Waals surface area contributed by atoms with Crippen LogP contribution in [0.5, 0.6) is 0 Å². The minimum absolute atomic E-state index is 0.108. The second-order valence-corrected chi connectivity index (χ2v) is 7.71. The van der Waals surface area contributed by atoms with E-state index in [4.69, 9.17) is 0 Å². The number of hydrogen-bond donors (Lipinski definition) is 1. The molecule has 3 heteroatoms. The Morgan fingerprint density at radius 2 is 1.52 bits per heavy atom. The minimum atomic E-state index is 0.108. The lowest BCUT2D eigenvalue weighted by Crippen LogP contribution is -2.22. The maximum Gasteiger partial charge on any atom is 0.220 e. The average molecular weight is 387 g/mol. The molecule has 0 saturated carbocycles. The fraction of sp³-hybridized carbons (Fsp3) is 0.269. The lowest BCUT2D eigenvalue weighted by molar-refractivity contribution is -0.121. The number of rotatable bonds is 9. The molecular formula is C26H30N2O. The van der Waals surface area contributed by atoms with Crippen LogP contribution in [-0.2, 0) is 24.3 Å². The van der Waals surface area contributed by atoms with E-state index in [1.807, 2.05) is 30.3 Å². The third kappa shape index (κ3) is 6.58. The first kappa shape index (κ1) is 20.8. The van der Waals surface area contributed by atoms with Crippen LogP contribution in [0.3, 0.4) is 0 Å². The summed E-state index contributed by atoms with van der Waals surface area (Å²) in [6.45, 7) is 1.49. The van der Waals surface area contributed by atoms with Crippen LogP contribution in [0.1, 0.15) is 29.5 Å². The zero-order chi connectivity index (χ0) is 20.5. The number of benzene rings is 3. The van der Waals surface area contributed by atoms with Gasteiger partial charge < -0.3 is 10.2 Å². The van der Waals surface area contributed by atoms with Crippen LogP contribution < -0.4 is 5.32 Å². The van der Waals surface area contributed by atoms with Crippen LogP contribution in [-0.4, -0.2) is 24.9 Å². The minimum Gasteiger partial charge on any atom is -0.352 e. The van der Waals surface area contributed by atoms with E-state index in [1.165, 1.54) is 22.3 Å². The zero-order valence-corrected chi connectivity index (χ0v) is 17.4. The number of nitrogens with zero attached hydrogens (tertiary/aromatic N) is 1. The van der Waals surface area contributed by atoms with Crippen LogP contribution in [0.15, 0.2) is 78.9 Å². The molecule has 0 spiro atoms. The quantitative estimate of drug-likeness (QED) is 0.558. The molecule has 0 aromatic heterocycles. The van der Waals surface area contributed by atoms with Crippen molar-refractivity contribution >= 4 is 5.91 Å². The van der Waals surface area contributed by atoms with Crippen LogP contribution in [0.2, 0.25) is 0 Å². The van der Waals surface area contributed by atoms with Gasteiger partial charge in [0.1, 0.15) is 0 Å². The summed E-state index contributed by atoms with van der Waals surface area (Å²) in [5, 5.41) is 3.09. The molecule has 0 unspecified atom stereocenters. The van der Waals surface area contributed by atoms with Crippen molar-refractivity contribution in [3.8, 4) is 11.1 Å². The lowest BCUT2D eigenvalue weighted by Gasteiger charge is -2.13. The van der Waals surface area contributed by atoms with E-state index < -0.39 is 0 Å². The monoisotopic (exact) mass is 386 g/mol. The molecule has 3 rings (SSSR count). The van der Waals surface area contributed by atoms with E-state index in [1.54, 1.807) is 0 Å². The molecule has 0 atom stereocenters. The molecule has 29 heavy (non-hydrogen) atoms. The largest absolute Gasteiger partial charge is 0.352 e. The van der Waals surface area contributed by atoms with E-state index >= 15 is 0 Å². The van der Waals surface area contributed by atoms with Gasteiger partial charge in [-0.15, -0.1) is 0 Å². The van der Waals surface area contributed by atoms with Gasteiger partial charge in [-0.05, 0) is 54.8 Å².